The van der Waals surface area contributed by atoms with Crippen LogP contribution in [0.5, 0.6) is 0 Å². The molecule has 0 heterocycles. The van der Waals surface area contributed by atoms with Crippen molar-refractivity contribution in [3.63, 3.8) is 0 Å². The Kier molecular flexibility index (Phi) is 4.54. The molecule has 0 fully saturated rings. The van der Waals surface area contributed by atoms with Crippen molar-refractivity contribution in [3.05, 3.63) is 29.8 Å². The quantitative estimate of drug-likeness (QED) is 0.807. The first-order valence-electron chi connectivity index (χ1n) is 5.53. The topological polar surface area (TPSA) is 63.4 Å². The lowest BCUT2D eigenvalue weighted by atomic mass is 10.1. The van der Waals surface area contributed by atoms with Gasteiger partial charge in [0.05, 0.1) is 5.75 Å². The molecule has 1 unspecified atom stereocenters. The first-order chi connectivity index (χ1) is 7.79. The van der Waals surface area contributed by atoms with E-state index in [2.05, 4.69) is 0 Å². The van der Waals surface area contributed by atoms with Crippen LogP contribution in [-0.2, 0) is 9.84 Å². The van der Waals surface area contributed by atoms with Crippen molar-refractivity contribution in [2.45, 2.75) is 13.0 Å². The van der Waals surface area contributed by atoms with Crippen LogP contribution in [0.3, 0.4) is 0 Å². The number of hydrogen-bond acceptors (Lipinski definition) is 4. The highest BCUT2D eigenvalue weighted by Gasteiger charge is 2.13. The van der Waals surface area contributed by atoms with Crippen LogP contribution in [0.25, 0.3) is 0 Å². The molecule has 0 aromatic heterocycles. The Balaban J connectivity index is 2.63. The molecular weight excluding hydrogens is 236 g/mol. The molecule has 0 saturated carbocycles. The molecule has 0 aliphatic rings. The van der Waals surface area contributed by atoms with Gasteiger partial charge in [-0.25, -0.2) is 8.42 Å². The molecule has 0 saturated heterocycles. The highest BCUT2D eigenvalue weighted by atomic mass is 32.2. The van der Waals surface area contributed by atoms with Gasteiger partial charge in [-0.2, -0.15) is 0 Å². The lowest BCUT2D eigenvalue weighted by molar-refractivity contribution is 0.277. The highest BCUT2D eigenvalue weighted by molar-refractivity contribution is 7.90. The van der Waals surface area contributed by atoms with Crippen molar-refractivity contribution >= 4 is 15.5 Å². The van der Waals surface area contributed by atoms with Crippen LogP contribution < -0.4 is 5.73 Å². The molecule has 4 nitrogen and oxygen atoms in total. The van der Waals surface area contributed by atoms with Gasteiger partial charge in [0.2, 0.25) is 0 Å². The van der Waals surface area contributed by atoms with Crippen molar-refractivity contribution < 1.29 is 8.42 Å². The third kappa shape index (κ3) is 4.75. The molecule has 2 N–H and O–H groups in total. The van der Waals surface area contributed by atoms with Gasteiger partial charge < -0.3 is 5.73 Å². The zero-order chi connectivity index (χ0) is 13.1. The largest absolute Gasteiger partial charge is 0.399 e. The fourth-order valence-corrected chi connectivity index (χ4v) is 2.15. The second kappa shape index (κ2) is 5.51. The maximum atomic E-state index is 11.1. The first kappa shape index (κ1) is 14.0. The van der Waals surface area contributed by atoms with Gasteiger partial charge in [-0.1, -0.05) is 12.1 Å². The summed E-state index contributed by atoms with van der Waals surface area (Å²) in [6.07, 6.45) is 1.26. The van der Waals surface area contributed by atoms with Gasteiger partial charge >= 0.3 is 0 Å². The van der Waals surface area contributed by atoms with E-state index in [0.29, 0.717) is 6.54 Å². The van der Waals surface area contributed by atoms with E-state index in [4.69, 9.17) is 5.73 Å². The van der Waals surface area contributed by atoms with Crippen molar-refractivity contribution in [2.24, 2.45) is 0 Å². The van der Waals surface area contributed by atoms with Gasteiger partial charge in [0, 0.05) is 24.5 Å². The molecule has 0 amide bonds. The minimum atomic E-state index is -2.90. The van der Waals surface area contributed by atoms with Gasteiger partial charge in [0.1, 0.15) is 9.84 Å². The Bertz CT molecular complexity index is 454. The molecule has 0 bridgehead atoms. The number of hydrogen-bond donors (Lipinski definition) is 1. The number of anilines is 1. The van der Waals surface area contributed by atoms with E-state index in [1.807, 2.05) is 43.1 Å². The van der Waals surface area contributed by atoms with E-state index in [9.17, 15) is 8.42 Å². The molecule has 0 radical (unpaired) electrons. The normalized spacial score (nSPS) is 13.9. The van der Waals surface area contributed by atoms with E-state index >= 15 is 0 Å². The molecule has 1 aromatic carbocycles. The number of benzene rings is 1. The number of sulfone groups is 1. The van der Waals surface area contributed by atoms with E-state index in [0.717, 1.165) is 11.3 Å². The minimum absolute atomic E-state index is 0.178. The molecule has 96 valence electrons. The molecule has 0 aliphatic carbocycles. The van der Waals surface area contributed by atoms with E-state index in [1.165, 1.54) is 6.26 Å². The minimum Gasteiger partial charge on any atom is -0.399 e. The van der Waals surface area contributed by atoms with Crippen molar-refractivity contribution in [1.29, 1.82) is 0 Å². The summed E-state index contributed by atoms with van der Waals surface area (Å²) in [5.41, 5.74) is 7.50. The summed E-state index contributed by atoms with van der Waals surface area (Å²) in [6, 6.07) is 7.83. The maximum absolute atomic E-state index is 11.1. The van der Waals surface area contributed by atoms with Crippen LogP contribution in [-0.4, -0.2) is 38.9 Å². The third-order valence-corrected chi connectivity index (χ3v) is 3.82. The summed E-state index contributed by atoms with van der Waals surface area (Å²) in [5.74, 6) is 0.183. The van der Waals surface area contributed by atoms with E-state index < -0.39 is 9.84 Å². The molecular formula is C12H20N2O2S. The predicted molar refractivity (Wildman–Crippen MR) is 71.6 cm³/mol. The monoisotopic (exact) mass is 256 g/mol. The molecule has 1 aromatic rings. The van der Waals surface area contributed by atoms with Crippen LogP contribution in [0.15, 0.2) is 24.3 Å². The molecule has 0 aliphatic heterocycles. The fraction of sp³-hybridized carbons (Fsp3) is 0.500. The summed E-state index contributed by atoms with van der Waals surface area (Å²) in [6.45, 7) is 2.58. The van der Waals surface area contributed by atoms with Gasteiger partial charge in [-0.3, -0.25) is 4.90 Å². The van der Waals surface area contributed by atoms with Crippen LogP contribution in [0.2, 0.25) is 0 Å². The summed E-state index contributed by atoms with van der Waals surface area (Å²) in [4.78, 5) is 2.02. The molecule has 1 rings (SSSR count). The van der Waals surface area contributed by atoms with Crippen LogP contribution in [0.1, 0.15) is 18.5 Å². The Hall–Kier alpha value is -1.07. The van der Waals surface area contributed by atoms with Gasteiger partial charge in [-0.05, 0) is 31.7 Å². The summed E-state index contributed by atoms with van der Waals surface area (Å²) in [5, 5.41) is 0. The predicted octanol–water partition coefficient (Wildman–Crippen LogP) is 1.31. The Morgan fingerprint density at radius 1 is 1.29 bits per heavy atom. The summed E-state index contributed by atoms with van der Waals surface area (Å²) >= 11 is 0. The Morgan fingerprint density at radius 3 is 2.29 bits per heavy atom. The third-order valence-electron chi connectivity index (χ3n) is 2.89. The Labute approximate surface area is 103 Å². The van der Waals surface area contributed by atoms with Crippen LogP contribution >= 0.6 is 0 Å². The second-order valence-corrected chi connectivity index (χ2v) is 6.71. The van der Waals surface area contributed by atoms with Gasteiger partial charge in [0.25, 0.3) is 0 Å². The first-order valence-corrected chi connectivity index (χ1v) is 7.59. The molecule has 0 spiro atoms. The number of nitrogen functional groups attached to an aromatic ring is 1. The van der Waals surface area contributed by atoms with E-state index in [1.54, 1.807) is 0 Å². The average molecular weight is 256 g/mol. The average Bonchev–Trinajstić information content (AvgIpc) is 2.25. The molecule has 1 atom stereocenters. The number of rotatable bonds is 5. The van der Waals surface area contributed by atoms with Crippen molar-refractivity contribution in [1.82, 2.24) is 4.90 Å². The van der Waals surface area contributed by atoms with E-state index in [-0.39, 0.29) is 11.8 Å². The molecule has 5 heteroatoms. The SMILES string of the molecule is CC(c1ccc(N)cc1)N(C)CCS(C)(=O)=O. The van der Waals surface area contributed by atoms with Crippen molar-refractivity contribution in [2.75, 3.05) is 31.3 Å². The van der Waals surface area contributed by atoms with Crippen LogP contribution in [0.4, 0.5) is 5.69 Å². The van der Waals surface area contributed by atoms with Crippen molar-refractivity contribution in [3.8, 4) is 0 Å². The zero-order valence-corrected chi connectivity index (χ0v) is 11.4. The zero-order valence-electron chi connectivity index (χ0n) is 10.6. The number of nitrogens with zero attached hydrogens (tertiary/aromatic N) is 1. The van der Waals surface area contributed by atoms with Gasteiger partial charge in [0.15, 0.2) is 0 Å². The highest BCUT2D eigenvalue weighted by Crippen LogP contribution is 2.19. The smallest absolute Gasteiger partial charge is 0.148 e. The molecule has 17 heavy (non-hydrogen) atoms. The Morgan fingerprint density at radius 2 is 1.82 bits per heavy atom. The fourth-order valence-electron chi connectivity index (χ4n) is 1.53. The number of nitrogens with two attached hydrogens (primary N) is 1. The summed E-state index contributed by atoms with van der Waals surface area (Å²) < 4.78 is 22.2. The summed E-state index contributed by atoms with van der Waals surface area (Å²) in [7, 11) is -0.980. The van der Waals surface area contributed by atoms with Gasteiger partial charge in [-0.15, -0.1) is 0 Å². The maximum Gasteiger partial charge on any atom is 0.148 e. The lowest BCUT2D eigenvalue weighted by Crippen LogP contribution is -2.28. The lowest BCUT2D eigenvalue weighted by Gasteiger charge is -2.24. The standard InChI is InChI=1S/C12H20N2O2S/c1-10(11-4-6-12(13)7-5-11)14(2)8-9-17(3,15)16/h4-7,10H,8-9,13H2,1-3H3. The van der Waals surface area contributed by atoms with Crippen LogP contribution in [0, 0.1) is 0 Å². The second-order valence-electron chi connectivity index (χ2n) is 4.45.